The molecule has 2 heterocycles. The van der Waals surface area contributed by atoms with E-state index in [-0.39, 0.29) is 17.4 Å². The van der Waals surface area contributed by atoms with E-state index in [9.17, 15) is 4.79 Å². The maximum atomic E-state index is 12.4. The first-order valence-electron chi connectivity index (χ1n) is 7.96. The van der Waals surface area contributed by atoms with E-state index >= 15 is 0 Å². The molecule has 6 nitrogen and oxygen atoms in total. The first-order valence-corrected chi connectivity index (χ1v) is 7.96. The monoisotopic (exact) mass is 309 g/mol. The number of amides is 1. The van der Waals surface area contributed by atoms with Crippen LogP contribution in [0.25, 0.3) is 0 Å². The molecular formula is C17H19N5O. The Morgan fingerprint density at radius 2 is 2.04 bits per heavy atom. The predicted octanol–water partition coefficient (Wildman–Crippen LogP) is 2.30. The highest BCUT2D eigenvalue weighted by Gasteiger charge is 2.38. The fourth-order valence-electron chi connectivity index (χ4n) is 3.75. The summed E-state index contributed by atoms with van der Waals surface area (Å²) in [6.45, 7) is 1.07. The maximum absolute atomic E-state index is 12.4. The van der Waals surface area contributed by atoms with Crippen LogP contribution in [0, 0.1) is 5.92 Å². The second-order valence-electron chi connectivity index (χ2n) is 6.25. The Balaban J connectivity index is 1.60. The predicted molar refractivity (Wildman–Crippen MR) is 89.3 cm³/mol. The molecule has 2 atom stereocenters. The Kier molecular flexibility index (Phi) is 3.37. The molecule has 6 heteroatoms. The topological polar surface area (TPSA) is 84.1 Å². The molecule has 3 N–H and O–H groups in total. The largest absolute Gasteiger partial charge is 0.382 e. The fraction of sp³-hybridized carbons (Fsp3) is 0.353. The van der Waals surface area contributed by atoms with E-state index in [1.807, 2.05) is 18.2 Å². The zero-order valence-corrected chi connectivity index (χ0v) is 12.8. The normalized spacial score (nSPS) is 22.3. The van der Waals surface area contributed by atoms with Crippen LogP contribution >= 0.6 is 0 Å². The third-order valence-electron chi connectivity index (χ3n) is 4.81. The summed E-state index contributed by atoms with van der Waals surface area (Å²) < 4.78 is 0. The smallest absolute Gasteiger partial charge is 0.278 e. The van der Waals surface area contributed by atoms with Gasteiger partial charge in [-0.1, -0.05) is 12.1 Å². The third-order valence-corrected chi connectivity index (χ3v) is 4.81. The maximum Gasteiger partial charge on any atom is 0.278 e. The number of nitrogen functional groups attached to an aromatic ring is 1. The molecule has 118 valence electrons. The first-order chi connectivity index (χ1) is 11.2. The van der Waals surface area contributed by atoms with E-state index < -0.39 is 0 Å². The van der Waals surface area contributed by atoms with E-state index in [2.05, 4.69) is 26.3 Å². The molecule has 1 saturated heterocycles. The number of carbonyl (C=O) groups excluding carboxylic acids is 1. The molecule has 2 aliphatic rings. The number of benzene rings is 1. The van der Waals surface area contributed by atoms with E-state index in [0.717, 1.165) is 23.8 Å². The van der Waals surface area contributed by atoms with Gasteiger partial charge < -0.3 is 16.0 Å². The number of aromatic nitrogens is 2. The molecule has 4 rings (SSSR count). The Labute approximate surface area is 134 Å². The van der Waals surface area contributed by atoms with Gasteiger partial charge in [0.05, 0.1) is 11.4 Å². The Bertz CT molecular complexity index is 747. The number of hydrogen-bond donors (Lipinski definition) is 2. The van der Waals surface area contributed by atoms with Crippen LogP contribution in [0.5, 0.6) is 0 Å². The number of nitrogens with two attached hydrogens (primary N) is 1. The molecule has 1 saturated carbocycles. The van der Waals surface area contributed by atoms with Crippen LogP contribution in [0.2, 0.25) is 0 Å². The molecule has 2 aromatic rings. The molecule has 23 heavy (non-hydrogen) atoms. The van der Waals surface area contributed by atoms with Crippen LogP contribution in [-0.2, 0) is 0 Å². The van der Waals surface area contributed by atoms with Crippen molar-refractivity contribution in [2.24, 2.45) is 5.92 Å². The Morgan fingerprint density at radius 1 is 1.22 bits per heavy atom. The third kappa shape index (κ3) is 2.50. The fourth-order valence-corrected chi connectivity index (χ4v) is 3.75. The van der Waals surface area contributed by atoms with Crippen molar-refractivity contribution in [3.8, 4) is 0 Å². The number of fused-ring (bicyclic) bond motifs is 2. The number of para-hydroxylation sites is 2. The van der Waals surface area contributed by atoms with Gasteiger partial charge in [-0.3, -0.25) is 4.79 Å². The van der Waals surface area contributed by atoms with Crippen LogP contribution in [-0.4, -0.2) is 28.5 Å². The number of nitrogens with zero attached hydrogens (tertiary/aromatic N) is 3. The van der Waals surface area contributed by atoms with Crippen LogP contribution in [0.3, 0.4) is 0 Å². The Morgan fingerprint density at radius 3 is 2.78 bits per heavy atom. The lowest BCUT2D eigenvalue weighted by Gasteiger charge is -2.31. The van der Waals surface area contributed by atoms with Gasteiger partial charge >= 0.3 is 0 Å². The van der Waals surface area contributed by atoms with E-state index in [1.54, 1.807) is 0 Å². The van der Waals surface area contributed by atoms with Crippen LogP contribution in [0.1, 0.15) is 29.8 Å². The van der Waals surface area contributed by atoms with Crippen molar-refractivity contribution >= 4 is 23.1 Å². The van der Waals surface area contributed by atoms with Gasteiger partial charge in [-0.05, 0) is 37.3 Å². The summed E-state index contributed by atoms with van der Waals surface area (Å²) in [6, 6.07) is 8.52. The minimum Gasteiger partial charge on any atom is -0.382 e. The van der Waals surface area contributed by atoms with E-state index in [1.165, 1.54) is 31.7 Å². The van der Waals surface area contributed by atoms with Crippen molar-refractivity contribution in [3.63, 3.8) is 0 Å². The summed E-state index contributed by atoms with van der Waals surface area (Å²) in [7, 11) is 0. The first kappa shape index (κ1) is 14.0. The van der Waals surface area contributed by atoms with Gasteiger partial charge in [0.25, 0.3) is 5.91 Å². The van der Waals surface area contributed by atoms with Gasteiger partial charge in [0, 0.05) is 25.0 Å². The highest BCUT2D eigenvalue weighted by atomic mass is 16.1. The average molecular weight is 309 g/mol. The molecule has 1 aliphatic heterocycles. The van der Waals surface area contributed by atoms with Gasteiger partial charge in [0.15, 0.2) is 11.5 Å². The minimum atomic E-state index is -0.326. The standard InChI is InChI=1S/C17H19N5O/c18-16-15(19-7-8-20-16)17(23)21-13-3-1-2-4-14(13)22-10-11-5-6-12(22)9-11/h1-4,7-8,11-12H,5-6,9-10H2,(H2,18,20)(H,21,23). The molecule has 2 fully saturated rings. The van der Waals surface area contributed by atoms with Gasteiger partial charge in [0.2, 0.25) is 0 Å². The zero-order valence-electron chi connectivity index (χ0n) is 12.8. The molecular weight excluding hydrogens is 290 g/mol. The zero-order chi connectivity index (χ0) is 15.8. The van der Waals surface area contributed by atoms with Crippen molar-refractivity contribution in [2.45, 2.75) is 25.3 Å². The molecule has 1 amide bonds. The molecule has 0 radical (unpaired) electrons. The molecule has 0 spiro atoms. The Hall–Kier alpha value is -2.63. The highest BCUT2D eigenvalue weighted by molar-refractivity contribution is 6.07. The number of nitrogens with one attached hydrogen (secondary N) is 1. The highest BCUT2D eigenvalue weighted by Crippen LogP contribution is 2.42. The van der Waals surface area contributed by atoms with Crippen molar-refractivity contribution in [2.75, 3.05) is 22.5 Å². The van der Waals surface area contributed by atoms with Crippen LogP contribution in [0.15, 0.2) is 36.7 Å². The molecule has 1 aromatic carbocycles. The number of hydrogen-bond acceptors (Lipinski definition) is 5. The summed E-state index contributed by atoms with van der Waals surface area (Å²) in [4.78, 5) is 22.8. The molecule has 1 aliphatic carbocycles. The van der Waals surface area contributed by atoms with Crippen molar-refractivity contribution in [1.29, 1.82) is 0 Å². The summed E-state index contributed by atoms with van der Waals surface area (Å²) >= 11 is 0. The lowest BCUT2D eigenvalue weighted by molar-refractivity contribution is 0.102. The summed E-state index contributed by atoms with van der Waals surface area (Å²) in [6.07, 6.45) is 6.77. The van der Waals surface area contributed by atoms with E-state index in [4.69, 9.17) is 5.73 Å². The second-order valence-corrected chi connectivity index (χ2v) is 6.25. The van der Waals surface area contributed by atoms with E-state index in [0.29, 0.717) is 6.04 Å². The summed E-state index contributed by atoms with van der Waals surface area (Å²) in [5, 5.41) is 2.94. The molecule has 1 aromatic heterocycles. The second kappa shape index (κ2) is 5.53. The SMILES string of the molecule is Nc1nccnc1C(=O)Nc1ccccc1N1CC2CCC1C2. The van der Waals surface area contributed by atoms with Gasteiger partial charge in [-0.15, -0.1) is 0 Å². The number of rotatable bonds is 3. The molecule has 2 bridgehead atoms. The average Bonchev–Trinajstić information content (AvgIpc) is 3.19. The summed E-state index contributed by atoms with van der Waals surface area (Å²) in [5.41, 5.74) is 7.78. The minimum absolute atomic E-state index is 0.141. The van der Waals surface area contributed by atoms with Crippen LogP contribution < -0.4 is 16.0 Å². The van der Waals surface area contributed by atoms with Gasteiger partial charge in [0.1, 0.15) is 0 Å². The van der Waals surface area contributed by atoms with Crippen molar-refractivity contribution in [3.05, 3.63) is 42.4 Å². The van der Waals surface area contributed by atoms with Gasteiger partial charge in [-0.2, -0.15) is 0 Å². The number of piperidine rings is 1. The quantitative estimate of drug-likeness (QED) is 0.909. The van der Waals surface area contributed by atoms with Gasteiger partial charge in [-0.25, -0.2) is 9.97 Å². The lowest BCUT2D eigenvalue weighted by atomic mass is 10.1. The van der Waals surface area contributed by atoms with Crippen LogP contribution in [0.4, 0.5) is 17.2 Å². The lowest BCUT2D eigenvalue weighted by Crippen LogP contribution is -2.32. The summed E-state index contributed by atoms with van der Waals surface area (Å²) in [5.74, 6) is 0.606. The van der Waals surface area contributed by atoms with Crippen molar-refractivity contribution < 1.29 is 4.79 Å². The number of carbonyl (C=O) groups is 1. The van der Waals surface area contributed by atoms with Crippen molar-refractivity contribution in [1.82, 2.24) is 9.97 Å². The number of anilines is 3. The molecule has 2 unspecified atom stereocenters.